The standard InChI is InChI=1S/C17H20ClNO/c1-3-6-15(13-9-11-14(18)12-10-13)19-16-7-4-5-8-17(16)20-2/h4-5,7-12,15,19H,3,6H2,1-2H3. The molecular formula is C17H20ClNO. The van der Waals surface area contributed by atoms with E-state index < -0.39 is 0 Å². The highest BCUT2D eigenvalue weighted by atomic mass is 35.5. The minimum atomic E-state index is 0.258. The van der Waals surface area contributed by atoms with Crippen molar-refractivity contribution in [1.82, 2.24) is 0 Å². The van der Waals surface area contributed by atoms with E-state index in [0.717, 1.165) is 29.3 Å². The summed E-state index contributed by atoms with van der Waals surface area (Å²) in [6.45, 7) is 2.19. The van der Waals surface area contributed by atoms with Gasteiger partial charge in [-0.1, -0.05) is 49.2 Å². The third kappa shape index (κ3) is 3.67. The Balaban J connectivity index is 2.23. The minimum Gasteiger partial charge on any atom is -0.495 e. The second kappa shape index (κ2) is 7.20. The molecule has 0 saturated heterocycles. The fraction of sp³-hybridized carbons (Fsp3) is 0.294. The fourth-order valence-electron chi connectivity index (χ4n) is 2.26. The maximum Gasteiger partial charge on any atom is 0.141 e. The van der Waals surface area contributed by atoms with Gasteiger partial charge in [0.2, 0.25) is 0 Å². The molecule has 0 saturated carbocycles. The Hall–Kier alpha value is -1.67. The normalized spacial score (nSPS) is 11.9. The number of ether oxygens (including phenoxy) is 1. The number of anilines is 1. The van der Waals surface area contributed by atoms with Gasteiger partial charge in [0, 0.05) is 5.02 Å². The second-order valence-electron chi connectivity index (χ2n) is 4.74. The van der Waals surface area contributed by atoms with E-state index in [0.29, 0.717) is 0 Å². The van der Waals surface area contributed by atoms with Crippen LogP contribution in [0.4, 0.5) is 5.69 Å². The number of methoxy groups -OCH3 is 1. The molecule has 1 N–H and O–H groups in total. The summed E-state index contributed by atoms with van der Waals surface area (Å²) in [7, 11) is 1.69. The molecule has 2 aromatic carbocycles. The van der Waals surface area contributed by atoms with Crippen molar-refractivity contribution in [2.45, 2.75) is 25.8 Å². The molecule has 20 heavy (non-hydrogen) atoms. The Morgan fingerprint density at radius 1 is 1.10 bits per heavy atom. The number of halogens is 1. The smallest absolute Gasteiger partial charge is 0.141 e. The first kappa shape index (κ1) is 14.7. The summed E-state index contributed by atoms with van der Waals surface area (Å²) in [5.41, 5.74) is 2.26. The lowest BCUT2D eigenvalue weighted by molar-refractivity contribution is 0.415. The Morgan fingerprint density at radius 2 is 1.80 bits per heavy atom. The van der Waals surface area contributed by atoms with Crippen molar-refractivity contribution in [3.8, 4) is 5.75 Å². The molecule has 0 amide bonds. The maximum atomic E-state index is 5.96. The van der Waals surface area contributed by atoms with Crippen molar-refractivity contribution in [3.05, 3.63) is 59.1 Å². The Labute approximate surface area is 125 Å². The summed E-state index contributed by atoms with van der Waals surface area (Å²) < 4.78 is 5.40. The van der Waals surface area contributed by atoms with Crippen LogP contribution in [0.3, 0.4) is 0 Å². The van der Waals surface area contributed by atoms with Gasteiger partial charge in [-0.2, -0.15) is 0 Å². The van der Waals surface area contributed by atoms with Crippen LogP contribution < -0.4 is 10.1 Å². The lowest BCUT2D eigenvalue weighted by atomic mass is 10.0. The minimum absolute atomic E-state index is 0.258. The van der Waals surface area contributed by atoms with Gasteiger partial charge in [-0.25, -0.2) is 0 Å². The van der Waals surface area contributed by atoms with Gasteiger partial charge in [0.25, 0.3) is 0 Å². The first-order valence-electron chi connectivity index (χ1n) is 6.89. The summed E-state index contributed by atoms with van der Waals surface area (Å²) in [5, 5.41) is 4.33. The molecule has 1 unspecified atom stereocenters. The second-order valence-corrected chi connectivity index (χ2v) is 5.17. The van der Waals surface area contributed by atoms with Crippen molar-refractivity contribution in [2.24, 2.45) is 0 Å². The Morgan fingerprint density at radius 3 is 2.45 bits per heavy atom. The SMILES string of the molecule is CCCC(Nc1ccccc1OC)c1ccc(Cl)cc1. The van der Waals surface area contributed by atoms with Crippen LogP contribution in [0, 0.1) is 0 Å². The van der Waals surface area contributed by atoms with E-state index in [9.17, 15) is 0 Å². The van der Waals surface area contributed by atoms with Gasteiger partial charge in [0.1, 0.15) is 5.75 Å². The van der Waals surface area contributed by atoms with Crippen molar-refractivity contribution in [2.75, 3.05) is 12.4 Å². The number of nitrogens with one attached hydrogen (secondary N) is 1. The van der Waals surface area contributed by atoms with E-state index in [2.05, 4.69) is 24.4 Å². The molecule has 0 aliphatic rings. The third-order valence-corrected chi connectivity index (χ3v) is 3.54. The number of hydrogen-bond donors (Lipinski definition) is 1. The van der Waals surface area contributed by atoms with Crippen molar-refractivity contribution >= 4 is 17.3 Å². The van der Waals surface area contributed by atoms with Gasteiger partial charge in [-0.15, -0.1) is 0 Å². The zero-order chi connectivity index (χ0) is 14.4. The first-order valence-corrected chi connectivity index (χ1v) is 7.27. The highest BCUT2D eigenvalue weighted by Gasteiger charge is 2.12. The van der Waals surface area contributed by atoms with E-state index in [-0.39, 0.29) is 6.04 Å². The summed E-state index contributed by atoms with van der Waals surface area (Å²) in [5.74, 6) is 0.863. The molecule has 0 aromatic heterocycles. The first-order chi connectivity index (χ1) is 9.74. The summed E-state index contributed by atoms with van der Waals surface area (Å²) in [6, 6.07) is 16.3. The van der Waals surface area contributed by atoms with E-state index >= 15 is 0 Å². The molecule has 0 fully saturated rings. The molecule has 2 rings (SSSR count). The molecule has 2 aromatic rings. The molecule has 0 radical (unpaired) electrons. The molecule has 0 spiro atoms. The third-order valence-electron chi connectivity index (χ3n) is 3.29. The van der Waals surface area contributed by atoms with Crippen LogP contribution in [0.5, 0.6) is 5.75 Å². The van der Waals surface area contributed by atoms with Crippen LogP contribution in [-0.2, 0) is 0 Å². The number of benzene rings is 2. The molecule has 0 heterocycles. The Bertz CT molecular complexity index is 539. The van der Waals surface area contributed by atoms with Crippen LogP contribution >= 0.6 is 11.6 Å². The average molecular weight is 290 g/mol. The topological polar surface area (TPSA) is 21.3 Å². The molecule has 0 aliphatic carbocycles. The predicted octanol–water partition coefficient (Wildman–Crippen LogP) is 5.30. The lowest BCUT2D eigenvalue weighted by Crippen LogP contribution is -2.11. The molecule has 3 heteroatoms. The summed E-state index contributed by atoms with van der Waals surface area (Å²) in [6.07, 6.45) is 2.16. The van der Waals surface area contributed by atoms with Gasteiger partial charge < -0.3 is 10.1 Å². The lowest BCUT2D eigenvalue weighted by Gasteiger charge is -2.21. The van der Waals surface area contributed by atoms with Gasteiger partial charge in [0.15, 0.2) is 0 Å². The van der Waals surface area contributed by atoms with Gasteiger partial charge in [0.05, 0.1) is 18.8 Å². The maximum absolute atomic E-state index is 5.96. The van der Waals surface area contributed by atoms with Gasteiger partial charge in [-0.05, 0) is 36.2 Å². The predicted molar refractivity (Wildman–Crippen MR) is 85.7 cm³/mol. The van der Waals surface area contributed by atoms with Crippen LogP contribution in [0.15, 0.2) is 48.5 Å². The zero-order valence-corrected chi connectivity index (χ0v) is 12.7. The summed E-state index contributed by atoms with van der Waals surface area (Å²) >= 11 is 5.96. The van der Waals surface area contributed by atoms with Crippen LogP contribution in [0.25, 0.3) is 0 Å². The van der Waals surface area contributed by atoms with Crippen molar-refractivity contribution < 1.29 is 4.74 Å². The Kier molecular flexibility index (Phi) is 5.31. The molecule has 0 bridgehead atoms. The monoisotopic (exact) mass is 289 g/mol. The highest BCUT2D eigenvalue weighted by molar-refractivity contribution is 6.30. The number of rotatable bonds is 6. The largest absolute Gasteiger partial charge is 0.495 e. The fourth-order valence-corrected chi connectivity index (χ4v) is 2.38. The van der Waals surface area contributed by atoms with Crippen LogP contribution in [-0.4, -0.2) is 7.11 Å². The average Bonchev–Trinajstić information content (AvgIpc) is 2.48. The molecule has 0 aliphatic heterocycles. The van der Waals surface area contributed by atoms with E-state index in [1.54, 1.807) is 7.11 Å². The zero-order valence-electron chi connectivity index (χ0n) is 11.9. The molecule has 1 atom stereocenters. The van der Waals surface area contributed by atoms with Crippen molar-refractivity contribution in [3.63, 3.8) is 0 Å². The van der Waals surface area contributed by atoms with Crippen molar-refractivity contribution in [1.29, 1.82) is 0 Å². The number of para-hydroxylation sites is 2. The van der Waals surface area contributed by atoms with E-state index in [1.807, 2.05) is 36.4 Å². The number of hydrogen-bond acceptors (Lipinski definition) is 2. The van der Waals surface area contributed by atoms with Crippen LogP contribution in [0.1, 0.15) is 31.4 Å². The van der Waals surface area contributed by atoms with Gasteiger partial charge >= 0.3 is 0 Å². The van der Waals surface area contributed by atoms with Crippen LogP contribution in [0.2, 0.25) is 5.02 Å². The summed E-state index contributed by atoms with van der Waals surface area (Å²) in [4.78, 5) is 0. The van der Waals surface area contributed by atoms with E-state index in [1.165, 1.54) is 5.56 Å². The molecule has 106 valence electrons. The van der Waals surface area contributed by atoms with E-state index in [4.69, 9.17) is 16.3 Å². The molecule has 2 nitrogen and oxygen atoms in total. The molecular weight excluding hydrogens is 270 g/mol. The highest BCUT2D eigenvalue weighted by Crippen LogP contribution is 2.30. The van der Waals surface area contributed by atoms with Gasteiger partial charge in [-0.3, -0.25) is 0 Å². The quantitative estimate of drug-likeness (QED) is 0.779.